The van der Waals surface area contributed by atoms with Crippen LogP contribution in [0.3, 0.4) is 0 Å². The standard InChI is InChI=1S/C17H10N2O5S2/c20-15-14(8-10-3-1-4-11(7-10)16(21)22)26-17(25)18(15)12-5-2-6-13(9-12)19(23)24/h1-9H,(H,21,22)/p-1/b14-8-. The van der Waals surface area contributed by atoms with Gasteiger partial charge in [-0.25, -0.2) is 0 Å². The zero-order valence-electron chi connectivity index (χ0n) is 12.9. The van der Waals surface area contributed by atoms with Crippen LogP contribution in [0.5, 0.6) is 0 Å². The molecule has 0 unspecified atom stereocenters. The molecule has 2 aromatic carbocycles. The number of carboxylic acids is 1. The lowest BCUT2D eigenvalue weighted by molar-refractivity contribution is -0.384. The first kappa shape index (κ1) is 17.8. The van der Waals surface area contributed by atoms with Gasteiger partial charge in [-0.2, -0.15) is 0 Å². The Hall–Kier alpha value is -3.04. The third-order valence-corrected chi connectivity index (χ3v) is 4.81. The van der Waals surface area contributed by atoms with Crippen molar-refractivity contribution in [3.8, 4) is 0 Å². The number of nitro groups is 1. The lowest BCUT2D eigenvalue weighted by Gasteiger charge is -2.13. The molecule has 0 radical (unpaired) electrons. The molecule has 1 amide bonds. The monoisotopic (exact) mass is 385 g/mol. The SMILES string of the molecule is O=C([O-])c1cccc(/C=C2\SC(=S)N(c3cccc([N+](=O)[O-])c3)C2=O)c1. The van der Waals surface area contributed by atoms with Crippen LogP contribution in [-0.4, -0.2) is 21.1 Å². The van der Waals surface area contributed by atoms with Gasteiger partial charge in [0, 0.05) is 12.1 Å². The molecule has 26 heavy (non-hydrogen) atoms. The molecule has 1 heterocycles. The number of amides is 1. The fraction of sp³-hybridized carbons (Fsp3) is 0. The Morgan fingerprint density at radius 2 is 1.92 bits per heavy atom. The highest BCUT2D eigenvalue weighted by atomic mass is 32.2. The Morgan fingerprint density at radius 3 is 2.62 bits per heavy atom. The molecule has 0 atom stereocenters. The highest BCUT2D eigenvalue weighted by Gasteiger charge is 2.33. The molecule has 9 heteroatoms. The molecular formula is C17H9N2O5S2-. The second-order valence-corrected chi connectivity index (χ2v) is 6.88. The van der Waals surface area contributed by atoms with Crippen molar-refractivity contribution in [1.82, 2.24) is 0 Å². The van der Waals surface area contributed by atoms with Gasteiger partial charge in [-0.05, 0) is 29.3 Å². The van der Waals surface area contributed by atoms with Gasteiger partial charge in [0.2, 0.25) is 0 Å². The summed E-state index contributed by atoms with van der Waals surface area (Å²) in [5, 5.41) is 21.9. The van der Waals surface area contributed by atoms with E-state index in [1.165, 1.54) is 47.4 Å². The minimum Gasteiger partial charge on any atom is -0.545 e. The average molecular weight is 385 g/mol. The quantitative estimate of drug-likeness (QED) is 0.344. The first-order valence-corrected chi connectivity index (χ1v) is 8.43. The number of thiocarbonyl (C=S) groups is 1. The highest BCUT2D eigenvalue weighted by molar-refractivity contribution is 8.27. The minimum atomic E-state index is -1.32. The number of hydrogen-bond acceptors (Lipinski definition) is 7. The summed E-state index contributed by atoms with van der Waals surface area (Å²) < 4.78 is 0.234. The summed E-state index contributed by atoms with van der Waals surface area (Å²) in [6, 6.07) is 11.6. The number of benzene rings is 2. The number of thioether (sulfide) groups is 1. The normalized spacial score (nSPS) is 15.5. The number of nitro benzene ring substituents is 1. The van der Waals surface area contributed by atoms with Gasteiger partial charge >= 0.3 is 0 Å². The number of rotatable bonds is 4. The van der Waals surface area contributed by atoms with Crippen LogP contribution in [0.2, 0.25) is 0 Å². The van der Waals surface area contributed by atoms with Gasteiger partial charge < -0.3 is 9.90 Å². The molecule has 0 bridgehead atoms. The Morgan fingerprint density at radius 1 is 1.19 bits per heavy atom. The van der Waals surface area contributed by atoms with Gasteiger partial charge in [0.05, 0.1) is 21.5 Å². The molecular weight excluding hydrogens is 376 g/mol. The Kier molecular flexibility index (Phi) is 4.83. The third kappa shape index (κ3) is 3.48. The van der Waals surface area contributed by atoms with Crippen molar-refractivity contribution in [2.24, 2.45) is 0 Å². The van der Waals surface area contributed by atoms with E-state index in [2.05, 4.69) is 0 Å². The first-order chi connectivity index (χ1) is 12.4. The van der Waals surface area contributed by atoms with Crippen molar-refractivity contribution in [2.75, 3.05) is 4.90 Å². The highest BCUT2D eigenvalue weighted by Crippen LogP contribution is 2.37. The number of aromatic carboxylic acids is 1. The van der Waals surface area contributed by atoms with Gasteiger partial charge in [-0.15, -0.1) is 0 Å². The van der Waals surface area contributed by atoms with Gasteiger partial charge in [0.25, 0.3) is 11.6 Å². The van der Waals surface area contributed by atoms with E-state index in [9.17, 15) is 24.8 Å². The van der Waals surface area contributed by atoms with Crippen molar-refractivity contribution in [1.29, 1.82) is 0 Å². The van der Waals surface area contributed by atoms with E-state index in [4.69, 9.17) is 12.2 Å². The van der Waals surface area contributed by atoms with Crippen molar-refractivity contribution in [2.45, 2.75) is 0 Å². The molecule has 2 aromatic rings. The second-order valence-electron chi connectivity index (χ2n) is 5.21. The Bertz CT molecular complexity index is 987. The predicted molar refractivity (Wildman–Crippen MR) is 99.5 cm³/mol. The Balaban J connectivity index is 1.94. The summed E-state index contributed by atoms with van der Waals surface area (Å²) in [6.07, 6.45) is 1.52. The number of carboxylic acid groups (broad SMARTS) is 1. The number of carbonyl (C=O) groups is 2. The fourth-order valence-electron chi connectivity index (χ4n) is 2.34. The van der Waals surface area contributed by atoms with Gasteiger partial charge in [-0.1, -0.05) is 48.2 Å². The van der Waals surface area contributed by atoms with Crippen LogP contribution in [0.25, 0.3) is 6.08 Å². The number of carbonyl (C=O) groups excluding carboxylic acids is 2. The summed E-state index contributed by atoms with van der Waals surface area (Å²) in [7, 11) is 0. The van der Waals surface area contributed by atoms with Crippen molar-refractivity contribution >= 4 is 57.6 Å². The van der Waals surface area contributed by atoms with E-state index in [1.807, 2.05) is 0 Å². The molecule has 0 saturated carbocycles. The van der Waals surface area contributed by atoms with Gasteiger partial charge in [-0.3, -0.25) is 19.8 Å². The molecule has 0 N–H and O–H groups in total. The van der Waals surface area contributed by atoms with E-state index in [1.54, 1.807) is 12.1 Å². The summed E-state index contributed by atoms with van der Waals surface area (Å²) in [4.78, 5) is 35.5. The van der Waals surface area contributed by atoms with Crippen molar-refractivity contribution in [3.63, 3.8) is 0 Å². The van der Waals surface area contributed by atoms with E-state index in [0.717, 1.165) is 11.8 Å². The lowest BCUT2D eigenvalue weighted by Crippen LogP contribution is -2.27. The number of non-ortho nitro benzene ring substituents is 1. The summed E-state index contributed by atoms with van der Waals surface area (Å²) in [6.45, 7) is 0. The average Bonchev–Trinajstić information content (AvgIpc) is 2.88. The van der Waals surface area contributed by atoms with E-state index >= 15 is 0 Å². The number of anilines is 1. The maximum atomic E-state index is 12.7. The molecule has 0 spiro atoms. The largest absolute Gasteiger partial charge is 0.545 e. The molecule has 7 nitrogen and oxygen atoms in total. The topological polar surface area (TPSA) is 104 Å². The summed E-state index contributed by atoms with van der Waals surface area (Å²) in [5.41, 5.74) is 0.648. The maximum Gasteiger partial charge on any atom is 0.271 e. The van der Waals surface area contributed by atoms with E-state index in [-0.39, 0.29) is 20.5 Å². The summed E-state index contributed by atoms with van der Waals surface area (Å²) >= 11 is 6.26. The van der Waals surface area contributed by atoms with E-state index < -0.39 is 16.8 Å². The van der Waals surface area contributed by atoms with Crippen molar-refractivity contribution < 1.29 is 19.6 Å². The fourth-order valence-corrected chi connectivity index (χ4v) is 3.64. The molecule has 0 aliphatic carbocycles. The Labute approximate surface area is 157 Å². The van der Waals surface area contributed by atoms with E-state index in [0.29, 0.717) is 11.3 Å². The van der Waals surface area contributed by atoms with Crippen LogP contribution in [0.4, 0.5) is 11.4 Å². The van der Waals surface area contributed by atoms with Crippen LogP contribution in [0.1, 0.15) is 15.9 Å². The molecule has 1 fully saturated rings. The predicted octanol–water partition coefficient (Wildman–Crippen LogP) is 2.36. The molecule has 1 saturated heterocycles. The molecule has 130 valence electrons. The zero-order valence-corrected chi connectivity index (χ0v) is 14.6. The third-order valence-electron chi connectivity index (χ3n) is 3.51. The van der Waals surface area contributed by atoms with Crippen LogP contribution in [0.15, 0.2) is 53.4 Å². The number of nitrogens with zero attached hydrogens (tertiary/aromatic N) is 2. The zero-order chi connectivity index (χ0) is 18.8. The minimum absolute atomic E-state index is 0.00656. The maximum absolute atomic E-state index is 12.7. The second kappa shape index (κ2) is 7.06. The molecule has 1 aliphatic heterocycles. The van der Waals surface area contributed by atoms with Crippen LogP contribution in [-0.2, 0) is 4.79 Å². The van der Waals surface area contributed by atoms with Gasteiger partial charge in [0.15, 0.2) is 4.32 Å². The molecule has 3 rings (SSSR count). The van der Waals surface area contributed by atoms with Crippen LogP contribution >= 0.6 is 24.0 Å². The smallest absolute Gasteiger partial charge is 0.271 e. The van der Waals surface area contributed by atoms with Crippen LogP contribution < -0.4 is 10.0 Å². The van der Waals surface area contributed by atoms with Crippen LogP contribution in [0, 0.1) is 10.1 Å². The van der Waals surface area contributed by atoms with Crippen molar-refractivity contribution in [3.05, 3.63) is 74.7 Å². The lowest BCUT2D eigenvalue weighted by atomic mass is 10.1. The first-order valence-electron chi connectivity index (χ1n) is 7.20. The molecule has 0 aromatic heterocycles. The summed E-state index contributed by atoms with van der Waals surface area (Å²) in [5.74, 6) is -1.75. The molecule has 1 aliphatic rings. The number of hydrogen-bond donors (Lipinski definition) is 0. The van der Waals surface area contributed by atoms with Gasteiger partial charge in [0.1, 0.15) is 0 Å².